The molecule has 0 heterocycles. The summed E-state index contributed by atoms with van der Waals surface area (Å²) in [6.07, 6.45) is -15.3. The summed E-state index contributed by atoms with van der Waals surface area (Å²) in [7, 11) is -7.28. The third-order valence-corrected chi connectivity index (χ3v) is 5.15. The monoisotopic (exact) mass is 540 g/mol. The van der Waals surface area contributed by atoms with E-state index in [0.29, 0.717) is 0 Å². The fourth-order valence-electron chi connectivity index (χ4n) is 1.38. The molecule has 0 aromatic carbocycles. The maximum absolute atomic E-state index is 13.7. The smallest absolute Gasteiger partial charge is 0.376 e. The van der Waals surface area contributed by atoms with E-state index in [1.54, 1.807) is 0 Å². The van der Waals surface area contributed by atoms with E-state index >= 15 is 0 Å². The van der Waals surface area contributed by atoms with Crippen LogP contribution in [0.4, 0.5) is 70.2 Å². The molecule has 4 nitrogen and oxygen atoms in total. The van der Waals surface area contributed by atoms with Gasteiger partial charge in [0.15, 0.2) is 0 Å². The van der Waals surface area contributed by atoms with Gasteiger partial charge in [-0.3, -0.25) is 4.57 Å². The molecule has 0 aromatic rings. The van der Waals surface area contributed by atoms with Crippen LogP contribution >= 0.6 is 7.60 Å². The molecule has 1 N–H and O–H groups in total. The summed E-state index contributed by atoms with van der Waals surface area (Å²) in [5.74, 6) is -38.1. The van der Waals surface area contributed by atoms with Gasteiger partial charge >= 0.3 is 56.5 Å². The molecule has 0 aliphatic heterocycles. The van der Waals surface area contributed by atoms with Gasteiger partial charge in [0.2, 0.25) is 5.85 Å². The lowest BCUT2D eigenvalue weighted by molar-refractivity contribution is -0.349. The van der Waals surface area contributed by atoms with Crippen molar-refractivity contribution in [1.82, 2.24) is 0 Å². The summed E-state index contributed by atoms with van der Waals surface area (Å²) in [6, 6.07) is 0. The Morgan fingerprint density at radius 3 is 1.19 bits per heavy atom. The molecule has 0 rings (SSSR count). The van der Waals surface area contributed by atoms with Gasteiger partial charge in [-0.1, -0.05) is 0 Å². The summed E-state index contributed by atoms with van der Waals surface area (Å²) >= 11 is 0. The first-order valence-corrected chi connectivity index (χ1v) is 8.81. The Morgan fingerprint density at radius 2 is 0.938 bits per heavy atom. The Morgan fingerprint density at radius 1 is 0.625 bits per heavy atom. The maximum Gasteiger partial charge on any atom is 0.381 e. The molecule has 0 saturated heterocycles. The van der Waals surface area contributed by atoms with Crippen LogP contribution in [-0.4, -0.2) is 73.1 Å². The van der Waals surface area contributed by atoms with Gasteiger partial charge in [0.25, 0.3) is 0 Å². The quantitative estimate of drug-likeness (QED) is 0.248. The fraction of sp³-hybridized carbons (Fsp3) is 1.00. The van der Waals surface area contributed by atoms with E-state index < -0.39 is 75.5 Å². The van der Waals surface area contributed by atoms with Crippen molar-refractivity contribution >= 4 is 7.60 Å². The number of hydrogen-bond acceptors (Lipinski definition) is 4. The number of aliphatic hydroxyl groups excluding tert-OH is 1. The molecule has 0 aliphatic carbocycles. The van der Waals surface area contributed by atoms with Gasteiger partial charge in [0.05, 0.1) is 0 Å². The number of halogens is 16. The predicted molar refractivity (Wildman–Crippen MR) is 68.3 cm³/mol. The lowest BCUT2D eigenvalue weighted by atomic mass is 10.1. The highest BCUT2D eigenvalue weighted by atomic mass is 31.2. The average Bonchev–Trinajstić information content (AvgIpc) is 2.63. The first-order chi connectivity index (χ1) is 13.9. The summed E-state index contributed by atoms with van der Waals surface area (Å²) in [6.45, 7) is -6.32. The minimum Gasteiger partial charge on any atom is -0.376 e. The van der Waals surface area contributed by atoms with Crippen molar-refractivity contribution < 1.29 is 89.0 Å². The maximum atomic E-state index is 13.7. The molecule has 0 amide bonds. The third-order valence-electron chi connectivity index (χ3n) is 3.25. The van der Waals surface area contributed by atoms with E-state index in [1.807, 2.05) is 0 Å². The summed E-state index contributed by atoms with van der Waals surface area (Å²) in [5, 5.41) is 9.06. The van der Waals surface area contributed by atoms with Crippen molar-refractivity contribution in [2.75, 3.05) is 13.2 Å². The largest absolute Gasteiger partial charge is 0.381 e. The molecule has 0 spiro atoms. The van der Waals surface area contributed by atoms with Crippen molar-refractivity contribution in [2.24, 2.45) is 0 Å². The number of hydrogen-bond donors (Lipinski definition) is 1. The molecule has 0 aliphatic rings. The first-order valence-electron chi connectivity index (χ1n) is 7.20. The van der Waals surface area contributed by atoms with E-state index in [1.165, 1.54) is 0 Å². The average molecular weight is 540 g/mol. The van der Waals surface area contributed by atoms with E-state index in [2.05, 4.69) is 9.05 Å². The minimum atomic E-state index is -7.44. The number of aliphatic hydroxyl groups is 1. The van der Waals surface area contributed by atoms with Crippen LogP contribution in [0.3, 0.4) is 0 Å². The zero-order valence-electron chi connectivity index (χ0n) is 14.4. The van der Waals surface area contributed by atoms with E-state index in [4.69, 9.17) is 5.11 Å². The van der Waals surface area contributed by atoms with Crippen molar-refractivity contribution in [1.29, 1.82) is 0 Å². The molecule has 0 radical (unpaired) electrons. The van der Waals surface area contributed by atoms with Crippen LogP contribution in [0.1, 0.15) is 0 Å². The van der Waals surface area contributed by atoms with Crippen LogP contribution in [0.25, 0.3) is 0 Å². The highest BCUT2D eigenvalue weighted by Gasteiger charge is 2.80. The van der Waals surface area contributed by atoms with Crippen molar-refractivity contribution in [3.05, 3.63) is 0 Å². The van der Waals surface area contributed by atoms with Gasteiger partial charge in [-0.2, -0.15) is 43.9 Å². The van der Waals surface area contributed by atoms with Gasteiger partial charge in [-0.25, -0.2) is 26.3 Å². The topological polar surface area (TPSA) is 55.8 Å². The zero-order valence-corrected chi connectivity index (χ0v) is 15.3. The molecule has 0 saturated carbocycles. The second-order valence-electron chi connectivity index (χ2n) is 5.70. The molecule has 0 bridgehead atoms. The molecular weight excluding hydrogens is 531 g/mol. The van der Waals surface area contributed by atoms with Crippen LogP contribution in [0.2, 0.25) is 0 Å². The Kier molecular flexibility index (Phi) is 9.39. The number of rotatable bonds is 13. The van der Waals surface area contributed by atoms with Gasteiger partial charge < -0.3 is 14.2 Å². The zero-order chi connectivity index (χ0) is 26.1. The molecule has 0 fully saturated rings. The SMILES string of the molecule is O=P(OCC(F)(F)C(F)F)(OCC(F)(F)C(F)F)C(O)C(F)(F)C(F)(F)C(F)(F)C(F)F. The fourth-order valence-corrected chi connectivity index (χ4v) is 3.00. The van der Waals surface area contributed by atoms with Gasteiger partial charge in [-0.05, 0) is 0 Å². The second-order valence-corrected chi connectivity index (χ2v) is 7.79. The summed E-state index contributed by atoms with van der Waals surface area (Å²) in [4.78, 5) is 0. The molecule has 0 aromatic heterocycles. The standard InChI is InChI=1S/C11H9F16O4P/c12-3(13)7(18,19)1-30-32(29,31-2-8(20,21)4(14)15)6(28)10(24,25)11(26,27)9(22,23)5(16)17/h3-6,28H,1-2H2. The minimum absolute atomic E-state index is 3.08. The van der Waals surface area contributed by atoms with Crippen LogP contribution in [0.5, 0.6) is 0 Å². The first kappa shape index (κ1) is 31.0. The summed E-state index contributed by atoms with van der Waals surface area (Å²) < 4.78 is 221. The summed E-state index contributed by atoms with van der Waals surface area (Å²) in [5.41, 5.74) is 0. The Balaban J connectivity index is 6.30. The van der Waals surface area contributed by atoms with Crippen molar-refractivity contribution in [2.45, 2.75) is 54.7 Å². The van der Waals surface area contributed by atoms with E-state index in [0.717, 1.165) is 0 Å². The Hall–Kier alpha value is -1.01. The molecule has 1 unspecified atom stereocenters. The van der Waals surface area contributed by atoms with Gasteiger partial charge in [0, 0.05) is 0 Å². The lowest BCUT2D eigenvalue weighted by Crippen LogP contribution is -2.62. The highest BCUT2D eigenvalue weighted by molar-refractivity contribution is 7.54. The van der Waals surface area contributed by atoms with Crippen LogP contribution in [0, 0.1) is 0 Å². The van der Waals surface area contributed by atoms with Crippen molar-refractivity contribution in [3.63, 3.8) is 0 Å². The van der Waals surface area contributed by atoms with Gasteiger partial charge in [0.1, 0.15) is 13.2 Å². The second kappa shape index (κ2) is 9.69. The normalized spacial score (nSPS) is 16.4. The van der Waals surface area contributed by atoms with E-state index in [9.17, 15) is 74.8 Å². The van der Waals surface area contributed by atoms with Crippen molar-refractivity contribution in [3.8, 4) is 0 Å². The molecule has 194 valence electrons. The Labute approximate surface area is 166 Å². The third kappa shape index (κ3) is 6.11. The van der Waals surface area contributed by atoms with Crippen LogP contribution < -0.4 is 0 Å². The lowest BCUT2D eigenvalue weighted by Gasteiger charge is -2.37. The van der Waals surface area contributed by atoms with Crippen LogP contribution in [0.15, 0.2) is 0 Å². The molecular formula is C11H9F16O4P. The molecule has 32 heavy (non-hydrogen) atoms. The Bertz CT molecular complexity index is 640. The predicted octanol–water partition coefficient (Wildman–Crippen LogP) is 5.50. The van der Waals surface area contributed by atoms with E-state index in [-0.39, 0.29) is 0 Å². The number of alkyl halides is 16. The van der Waals surface area contributed by atoms with Gasteiger partial charge in [-0.15, -0.1) is 0 Å². The molecule has 21 heteroatoms. The molecule has 1 atom stereocenters. The van der Waals surface area contributed by atoms with Crippen LogP contribution in [-0.2, 0) is 13.6 Å². The highest BCUT2D eigenvalue weighted by Crippen LogP contribution is 2.63.